The highest BCUT2D eigenvalue weighted by Gasteiger charge is 2.39. The lowest BCUT2D eigenvalue weighted by molar-refractivity contribution is -0.118. The van der Waals surface area contributed by atoms with Gasteiger partial charge < -0.3 is 21.1 Å². The van der Waals surface area contributed by atoms with E-state index in [9.17, 15) is 20.1 Å². The van der Waals surface area contributed by atoms with Crippen molar-refractivity contribution in [2.24, 2.45) is 17.6 Å². The van der Waals surface area contributed by atoms with Crippen molar-refractivity contribution in [3.05, 3.63) is 43.0 Å². The molecule has 0 aromatic carbocycles. The van der Waals surface area contributed by atoms with Gasteiger partial charge in [-0.05, 0) is 76.8 Å². The number of nitrogens with two attached hydrogens (primary N) is 1. The molecule has 2 rings (SSSR count). The Hall–Kier alpha value is -0.510. The van der Waals surface area contributed by atoms with Crippen molar-refractivity contribution in [1.29, 1.82) is 0 Å². The predicted molar refractivity (Wildman–Crippen MR) is 128 cm³/mol. The van der Waals surface area contributed by atoms with Gasteiger partial charge in [-0.2, -0.15) is 0 Å². The van der Waals surface area contributed by atoms with Crippen LogP contribution < -0.4 is 5.73 Å². The summed E-state index contributed by atoms with van der Waals surface area (Å²) in [5, 5.41) is 31.1. The van der Waals surface area contributed by atoms with Crippen molar-refractivity contribution in [1.82, 2.24) is 0 Å². The summed E-state index contributed by atoms with van der Waals surface area (Å²) in [7, 11) is 0. The number of amides is 1. The molecule has 5 N–H and O–H groups in total. The molecule has 168 valence electrons. The minimum absolute atomic E-state index is 0.0825. The SMILES string of the molecule is Cc1sc(CCC(O)/C=C/[C@H]2C(O)CC(O)[C@@H]2C/C=C\CCCC(N)=O)c(Br)c1Br. The van der Waals surface area contributed by atoms with E-state index in [0.717, 1.165) is 21.8 Å². The molecule has 1 heterocycles. The van der Waals surface area contributed by atoms with Crippen LogP contribution in [0.25, 0.3) is 0 Å². The average Bonchev–Trinajstić information content (AvgIpc) is 3.09. The molecule has 1 saturated carbocycles. The molecule has 0 radical (unpaired) electrons. The van der Waals surface area contributed by atoms with E-state index < -0.39 is 18.3 Å². The van der Waals surface area contributed by atoms with E-state index in [1.807, 2.05) is 18.2 Å². The number of hydrogen-bond acceptors (Lipinski definition) is 5. The number of hydrogen-bond donors (Lipinski definition) is 4. The van der Waals surface area contributed by atoms with Crippen molar-refractivity contribution in [2.75, 3.05) is 0 Å². The number of aliphatic hydroxyl groups is 3. The van der Waals surface area contributed by atoms with Gasteiger partial charge in [0.1, 0.15) is 0 Å². The van der Waals surface area contributed by atoms with Crippen LogP contribution in [0.5, 0.6) is 0 Å². The second-order valence-electron chi connectivity index (χ2n) is 7.88. The van der Waals surface area contributed by atoms with Gasteiger partial charge in [0.2, 0.25) is 5.91 Å². The van der Waals surface area contributed by atoms with Crippen molar-refractivity contribution >= 4 is 49.1 Å². The van der Waals surface area contributed by atoms with E-state index in [4.69, 9.17) is 5.73 Å². The molecule has 1 aromatic heterocycles. The van der Waals surface area contributed by atoms with Crippen LogP contribution in [-0.4, -0.2) is 39.5 Å². The Bertz CT molecular complexity index is 765. The molecule has 1 aliphatic rings. The summed E-state index contributed by atoms with van der Waals surface area (Å²) in [6, 6.07) is 0. The number of aliphatic hydroxyl groups excluding tert-OH is 3. The largest absolute Gasteiger partial charge is 0.393 e. The summed E-state index contributed by atoms with van der Waals surface area (Å²) >= 11 is 8.85. The molecular formula is C22H31Br2NO4S. The van der Waals surface area contributed by atoms with Crippen molar-refractivity contribution < 1.29 is 20.1 Å². The first kappa shape index (κ1) is 25.7. The van der Waals surface area contributed by atoms with Crippen LogP contribution in [0.2, 0.25) is 0 Å². The van der Waals surface area contributed by atoms with E-state index in [1.54, 1.807) is 17.4 Å². The lowest BCUT2D eigenvalue weighted by Crippen LogP contribution is -2.20. The maximum absolute atomic E-state index is 10.8. The minimum atomic E-state index is -0.609. The van der Waals surface area contributed by atoms with Crippen LogP contribution in [0.3, 0.4) is 0 Å². The van der Waals surface area contributed by atoms with Gasteiger partial charge in [0.05, 0.1) is 18.3 Å². The predicted octanol–water partition coefficient (Wildman–Crippen LogP) is 4.39. The molecule has 1 fully saturated rings. The Kier molecular flexibility index (Phi) is 10.7. The number of carbonyl (C=O) groups excluding carboxylic acids is 1. The van der Waals surface area contributed by atoms with Crippen LogP contribution in [-0.2, 0) is 11.2 Å². The third-order valence-corrected chi connectivity index (χ3v) is 9.62. The standard InChI is InChI=1S/C22H31Br2NO4S/c1-13-21(23)22(24)19(30-13)11-9-14(26)8-10-16-15(17(27)12-18(16)28)6-4-2-3-5-7-20(25)29/h2,4,8,10,14-18,26-28H,3,5-7,9,11-12H2,1H3,(H2,25,29)/b4-2-,10-8+/t14?,15-,16-,17?,18?/m1/s1. The lowest BCUT2D eigenvalue weighted by atomic mass is 9.89. The van der Waals surface area contributed by atoms with Gasteiger partial charge in [0.15, 0.2) is 0 Å². The zero-order valence-corrected chi connectivity index (χ0v) is 21.1. The van der Waals surface area contributed by atoms with E-state index in [-0.39, 0.29) is 17.7 Å². The van der Waals surface area contributed by atoms with E-state index in [2.05, 4.69) is 38.8 Å². The van der Waals surface area contributed by atoms with Crippen molar-refractivity contribution in [2.45, 2.75) is 70.2 Å². The van der Waals surface area contributed by atoms with Crippen LogP contribution in [0.15, 0.2) is 33.2 Å². The number of rotatable bonds is 11. The molecule has 1 amide bonds. The fourth-order valence-corrected chi connectivity index (χ4v) is 6.27. The maximum Gasteiger partial charge on any atom is 0.217 e. The van der Waals surface area contributed by atoms with Crippen LogP contribution in [0.1, 0.15) is 48.3 Å². The van der Waals surface area contributed by atoms with Gasteiger partial charge in [-0.25, -0.2) is 0 Å². The zero-order valence-electron chi connectivity index (χ0n) is 17.1. The highest BCUT2D eigenvalue weighted by molar-refractivity contribution is 9.13. The van der Waals surface area contributed by atoms with Gasteiger partial charge in [-0.1, -0.05) is 24.3 Å². The molecule has 0 aliphatic heterocycles. The number of unbranched alkanes of at least 4 members (excludes halogenated alkanes) is 1. The molecule has 0 bridgehead atoms. The van der Waals surface area contributed by atoms with E-state index in [1.165, 1.54) is 9.75 Å². The monoisotopic (exact) mass is 563 g/mol. The molecule has 5 nitrogen and oxygen atoms in total. The lowest BCUT2D eigenvalue weighted by Gasteiger charge is -2.19. The third-order valence-electron chi connectivity index (χ3n) is 5.53. The number of halogens is 2. The Morgan fingerprint density at radius 2 is 2.00 bits per heavy atom. The Labute approximate surface area is 199 Å². The number of primary amides is 1. The minimum Gasteiger partial charge on any atom is -0.393 e. The molecule has 0 saturated heterocycles. The van der Waals surface area contributed by atoms with Crippen molar-refractivity contribution in [3.8, 4) is 0 Å². The maximum atomic E-state index is 10.8. The molecule has 1 aliphatic carbocycles. The second-order valence-corrected chi connectivity index (χ2v) is 10.8. The second kappa shape index (κ2) is 12.5. The van der Waals surface area contributed by atoms with E-state index >= 15 is 0 Å². The van der Waals surface area contributed by atoms with E-state index in [0.29, 0.717) is 32.1 Å². The molecule has 5 atom stereocenters. The smallest absolute Gasteiger partial charge is 0.217 e. The first-order valence-corrected chi connectivity index (χ1v) is 12.7. The number of carbonyl (C=O) groups is 1. The molecule has 30 heavy (non-hydrogen) atoms. The van der Waals surface area contributed by atoms with Crippen molar-refractivity contribution in [3.63, 3.8) is 0 Å². The average molecular weight is 565 g/mol. The van der Waals surface area contributed by atoms with Gasteiger partial charge in [-0.3, -0.25) is 4.79 Å². The van der Waals surface area contributed by atoms with Crippen LogP contribution in [0, 0.1) is 18.8 Å². The van der Waals surface area contributed by atoms with Crippen LogP contribution in [0.4, 0.5) is 0 Å². The molecule has 8 heteroatoms. The molecule has 3 unspecified atom stereocenters. The summed E-state index contributed by atoms with van der Waals surface area (Å²) < 4.78 is 2.12. The number of allylic oxidation sites excluding steroid dienone is 2. The first-order chi connectivity index (χ1) is 14.2. The number of aryl methyl sites for hydroxylation is 2. The summed E-state index contributed by atoms with van der Waals surface area (Å²) in [4.78, 5) is 13.2. The quantitative estimate of drug-likeness (QED) is 0.236. The zero-order chi connectivity index (χ0) is 22.3. The van der Waals surface area contributed by atoms with Gasteiger partial charge in [0.25, 0.3) is 0 Å². The van der Waals surface area contributed by atoms with Gasteiger partial charge in [-0.15, -0.1) is 11.3 Å². The molecule has 1 aromatic rings. The highest BCUT2D eigenvalue weighted by Crippen LogP contribution is 2.38. The summed E-state index contributed by atoms with van der Waals surface area (Å²) in [6.45, 7) is 2.05. The molecule has 0 spiro atoms. The third kappa shape index (κ3) is 7.57. The topological polar surface area (TPSA) is 104 Å². The Balaban J connectivity index is 1.86. The van der Waals surface area contributed by atoms with Crippen LogP contribution >= 0.6 is 43.2 Å². The Morgan fingerprint density at radius 3 is 2.63 bits per heavy atom. The summed E-state index contributed by atoms with van der Waals surface area (Å²) in [5.41, 5.74) is 5.13. The van der Waals surface area contributed by atoms with Gasteiger partial charge >= 0.3 is 0 Å². The Morgan fingerprint density at radius 1 is 1.27 bits per heavy atom. The molecular weight excluding hydrogens is 534 g/mol. The number of thiophene rings is 1. The normalized spacial score (nSPS) is 25.5. The summed E-state index contributed by atoms with van der Waals surface area (Å²) in [6.07, 6.45) is 10.0. The first-order valence-electron chi connectivity index (χ1n) is 10.3. The summed E-state index contributed by atoms with van der Waals surface area (Å²) in [5.74, 6) is -0.564. The highest BCUT2D eigenvalue weighted by atomic mass is 79.9. The van der Waals surface area contributed by atoms with Gasteiger partial charge in [0, 0.05) is 37.5 Å². The fraction of sp³-hybridized carbons (Fsp3) is 0.591. The fourth-order valence-electron chi connectivity index (χ4n) is 3.82.